The van der Waals surface area contributed by atoms with Gasteiger partial charge in [0.05, 0.1) is 13.2 Å². The van der Waals surface area contributed by atoms with Crippen molar-refractivity contribution in [1.29, 1.82) is 0 Å². The Morgan fingerprint density at radius 3 is 2.42 bits per heavy atom. The molecule has 0 heterocycles. The quantitative estimate of drug-likeness (QED) is 0.765. The van der Waals surface area contributed by atoms with Gasteiger partial charge in [-0.3, -0.25) is 0 Å². The Morgan fingerprint density at radius 2 is 1.84 bits per heavy atom. The smallest absolute Gasteiger partial charge is 0.0717 e. The lowest BCUT2D eigenvalue weighted by Crippen LogP contribution is -2.40. The van der Waals surface area contributed by atoms with Gasteiger partial charge in [-0.05, 0) is 38.7 Å². The van der Waals surface area contributed by atoms with Crippen molar-refractivity contribution in [3.8, 4) is 0 Å². The molecule has 0 saturated heterocycles. The zero-order valence-corrected chi connectivity index (χ0v) is 12.9. The minimum absolute atomic E-state index is 0.186. The van der Waals surface area contributed by atoms with E-state index in [0.29, 0.717) is 5.92 Å². The van der Waals surface area contributed by atoms with Gasteiger partial charge in [-0.2, -0.15) is 0 Å². The summed E-state index contributed by atoms with van der Waals surface area (Å²) in [5.41, 5.74) is 1.44. The molecule has 0 aromatic heterocycles. The largest absolute Gasteiger partial charge is 0.376 e. The minimum Gasteiger partial charge on any atom is -0.376 e. The average Bonchev–Trinajstić information content (AvgIpc) is 2.36. The van der Waals surface area contributed by atoms with E-state index in [1.807, 2.05) is 6.07 Å². The first-order chi connectivity index (χ1) is 9.01. The van der Waals surface area contributed by atoms with Gasteiger partial charge in [-0.1, -0.05) is 43.7 Å². The van der Waals surface area contributed by atoms with Crippen LogP contribution in [0.5, 0.6) is 0 Å². The molecule has 1 N–H and O–H groups in total. The fraction of sp³-hybridized carbons (Fsp3) is 0.647. The van der Waals surface area contributed by atoms with E-state index in [9.17, 15) is 0 Å². The minimum atomic E-state index is 0.186. The summed E-state index contributed by atoms with van der Waals surface area (Å²) >= 11 is 0. The molecule has 1 rings (SSSR count). The molecule has 0 aliphatic carbocycles. The number of benzene rings is 1. The Bertz CT molecular complexity index is 329. The lowest BCUT2D eigenvalue weighted by molar-refractivity contribution is 0.0812. The monoisotopic (exact) mass is 263 g/mol. The summed E-state index contributed by atoms with van der Waals surface area (Å²) in [5, 5.41) is 3.58. The third-order valence-corrected chi connectivity index (χ3v) is 3.08. The molecule has 108 valence electrons. The number of hydrogen-bond acceptors (Lipinski definition) is 2. The fourth-order valence-electron chi connectivity index (χ4n) is 2.02. The van der Waals surface area contributed by atoms with Gasteiger partial charge in [-0.25, -0.2) is 0 Å². The predicted octanol–water partition coefficient (Wildman–Crippen LogP) is 4.01. The maximum absolute atomic E-state index is 5.86. The first-order valence-corrected chi connectivity index (χ1v) is 7.38. The Hall–Kier alpha value is -0.860. The van der Waals surface area contributed by atoms with Crippen LogP contribution in [0.1, 0.15) is 46.1 Å². The normalized spacial score (nSPS) is 13.5. The van der Waals surface area contributed by atoms with Gasteiger partial charge in [0.25, 0.3) is 0 Å². The molecular weight excluding hydrogens is 234 g/mol. The van der Waals surface area contributed by atoms with Crippen molar-refractivity contribution in [2.75, 3.05) is 13.2 Å². The molecule has 1 aromatic rings. The van der Waals surface area contributed by atoms with E-state index in [-0.39, 0.29) is 5.54 Å². The second-order valence-electron chi connectivity index (χ2n) is 6.29. The topological polar surface area (TPSA) is 21.3 Å². The summed E-state index contributed by atoms with van der Waals surface area (Å²) in [6.07, 6.45) is 2.43. The van der Waals surface area contributed by atoms with Crippen molar-refractivity contribution >= 4 is 0 Å². The molecule has 0 saturated carbocycles. The Kier molecular flexibility index (Phi) is 7.11. The van der Waals surface area contributed by atoms with Crippen molar-refractivity contribution in [3.63, 3.8) is 0 Å². The molecule has 2 heteroatoms. The maximum Gasteiger partial charge on any atom is 0.0717 e. The van der Waals surface area contributed by atoms with Crippen LogP contribution in [-0.2, 0) is 11.3 Å². The van der Waals surface area contributed by atoms with Gasteiger partial charge in [-0.15, -0.1) is 0 Å². The van der Waals surface area contributed by atoms with Crippen LogP contribution in [0.25, 0.3) is 0 Å². The highest BCUT2D eigenvalue weighted by molar-refractivity contribution is 5.13. The van der Waals surface area contributed by atoms with Crippen LogP contribution in [0.4, 0.5) is 0 Å². The highest BCUT2D eigenvalue weighted by atomic mass is 16.5. The van der Waals surface area contributed by atoms with Crippen LogP contribution in [-0.4, -0.2) is 18.7 Å². The van der Waals surface area contributed by atoms with E-state index in [2.05, 4.69) is 57.3 Å². The molecule has 1 unspecified atom stereocenters. The van der Waals surface area contributed by atoms with E-state index in [1.54, 1.807) is 0 Å². The van der Waals surface area contributed by atoms with Crippen molar-refractivity contribution in [1.82, 2.24) is 5.32 Å². The molecule has 1 aromatic carbocycles. The Balaban J connectivity index is 2.29. The second-order valence-corrected chi connectivity index (χ2v) is 6.29. The predicted molar refractivity (Wildman–Crippen MR) is 82.3 cm³/mol. The molecule has 0 radical (unpaired) electrons. The van der Waals surface area contributed by atoms with Crippen molar-refractivity contribution < 1.29 is 4.74 Å². The first kappa shape index (κ1) is 16.2. The maximum atomic E-state index is 5.86. The summed E-state index contributed by atoms with van der Waals surface area (Å²) in [7, 11) is 0. The molecule has 0 aliphatic heterocycles. The van der Waals surface area contributed by atoms with Gasteiger partial charge in [0.1, 0.15) is 0 Å². The summed E-state index contributed by atoms with van der Waals surface area (Å²) in [6, 6.07) is 10.4. The number of ether oxygens (including phenoxy) is 1. The number of nitrogens with one attached hydrogen (secondary N) is 1. The zero-order chi connectivity index (χ0) is 14.1. The number of rotatable bonds is 8. The Labute approximate surface area is 118 Å². The summed E-state index contributed by atoms with van der Waals surface area (Å²) in [4.78, 5) is 0. The third kappa shape index (κ3) is 8.02. The fourth-order valence-corrected chi connectivity index (χ4v) is 2.02. The molecule has 0 spiro atoms. The molecule has 2 nitrogen and oxygen atoms in total. The van der Waals surface area contributed by atoms with Gasteiger partial charge in [0, 0.05) is 12.1 Å². The lowest BCUT2D eigenvalue weighted by Gasteiger charge is -2.25. The SMILES string of the molecule is CCCC(CNC(C)(C)C)COCc1ccccc1. The summed E-state index contributed by atoms with van der Waals surface area (Å²) < 4.78 is 5.86. The van der Waals surface area contributed by atoms with E-state index >= 15 is 0 Å². The van der Waals surface area contributed by atoms with Crippen LogP contribution in [0.3, 0.4) is 0 Å². The van der Waals surface area contributed by atoms with E-state index in [4.69, 9.17) is 4.74 Å². The molecule has 19 heavy (non-hydrogen) atoms. The van der Waals surface area contributed by atoms with E-state index in [0.717, 1.165) is 19.8 Å². The molecule has 0 aliphatic rings. The third-order valence-electron chi connectivity index (χ3n) is 3.08. The first-order valence-electron chi connectivity index (χ1n) is 7.38. The second kappa shape index (κ2) is 8.34. The van der Waals surface area contributed by atoms with Crippen molar-refractivity contribution in [2.24, 2.45) is 5.92 Å². The average molecular weight is 263 g/mol. The van der Waals surface area contributed by atoms with Crippen LogP contribution < -0.4 is 5.32 Å². The molecule has 1 atom stereocenters. The van der Waals surface area contributed by atoms with Gasteiger partial charge >= 0.3 is 0 Å². The molecule has 0 bridgehead atoms. The molecular formula is C17H29NO. The van der Waals surface area contributed by atoms with Gasteiger partial charge in [0.2, 0.25) is 0 Å². The lowest BCUT2D eigenvalue weighted by atomic mass is 10.0. The van der Waals surface area contributed by atoms with Gasteiger partial charge in [0.15, 0.2) is 0 Å². The van der Waals surface area contributed by atoms with Crippen LogP contribution >= 0.6 is 0 Å². The van der Waals surface area contributed by atoms with Gasteiger partial charge < -0.3 is 10.1 Å². The van der Waals surface area contributed by atoms with Crippen molar-refractivity contribution in [2.45, 2.75) is 52.7 Å². The summed E-state index contributed by atoms with van der Waals surface area (Å²) in [6.45, 7) is 11.5. The highest BCUT2D eigenvalue weighted by Gasteiger charge is 2.13. The zero-order valence-electron chi connectivity index (χ0n) is 12.9. The molecule has 0 fully saturated rings. The van der Waals surface area contributed by atoms with E-state index in [1.165, 1.54) is 18.4 Å². The standard InChI is InChI=1S/C17H29NO/c1-5-9-16(12-18-17(2,3)4)14-19-13-15-10-7-6-8-11-15/h6-8,10-11,16,18H,5,9,12-14H2,1-4H3. The molecule has 0 amide bonds. The number of hydrogen-bond donors (Lipinski definition) is 1. The van der Waals surface area contributed by atoms with Crippen LogP contribution in [0.15, 0.2) is 30.3 Å². The van der Waals surface area contributed by atoms with Crippen LogP contribution in [0.2, 0.25) is 0 Å². The Morgan fingerprint density at radius 1 is 1.16 bits per heavy atom. The van der Waals surface area contributed by atoms with Crippen molar-refractivity contribution in [3.05, 3.63) is 35.9 Å². The van der Waals surface area contributed by atoms with E-state index < -0.39 is 0 Å². The van der Waals surface area contributed by atoms with Crippen LogP contribution in [0, 0.1) is 5.92 Å². The highest BCUT2D eigenvalue weighted by Crippen LogP contribution is 2.10. The summed E-state index contributed by atoms with van der Waals surface area (Å²) in [5.74, 6) is 0.605.